The predicted octanol–water partition coefficient (Wildman–Crippen LogP) is 3.06. The van der Waals surface area contributed by atoms with Crippen LogP contribution < -0.4 is 20.1 Å². The normalized spacial score (nSPS) is 20.6. The van der Waals surface area contributed by atoms with Gasteiger partial charge in [-0.1, -0.05) is 6.92 Å². The summed E-state index contributed by atoms with van der Waals surface area (Å²) in [4.78, 5) is 27.8. The fraction of sp³-hybridized carbons (Fsp3) is 0.458. The summed E-state index contributed by atoms with van der Waals surface area (Å²) < 4.78 is 13.3. The molecule has 1 saturated heterocycles. The van der Waals surface area contributed by atoms with E-state index in [1.165, 1.54) is 4.57 Å². The van der Waals surface area contributed by atoms with Gasteiger partial charge >= 0.3 is 5.69 Å². The maximum Gasteiger partial charge on any atom is 0.349 e. The Morgan fingerprint density at radius 2 is 1.97 bits per heavy atom. The summed E-state index contributed by atoms with van der Waals surface area (Å²) in [5, 5.41) is 9.31. The van der Waals surface area contributed by atoms with Crippen LogP contribution in [0.3, 0.4) is 0 Å². The molecule has 9 nitrogen and oxygen atoms in total. The molecule has 33 heavy (non-hydrogen) atoms. The summed E-state index contributed by atoms with van der Waals surface area (Å²) >= 11 is 0. The van der Waals surface area contributed by atoms with Crippen molar-refractivity contribution in [2.75, 3.05) is 11.4 Å². The van der Waals surface area contributed by atoms with Gasteiger partial charge in [-0.3, -0.25) is 4.57 Å². The van der Waals surface area contributed by atoms with Crippen LogP contribution in [0.4, 0.5) is 5.82 Å². The molecule has 0 radical (unpaired) electrons. The highest BCUT2D eigenvalue weighted by molar-refractivity contribution is 5.86. The van der Waals surface area contributed by atoms with Gasteiger partial charge in [-0.2, -0.15) is 10.2 Å². The molecule has 1 aliphatic heterocycles. The van der Waals surface area contributed by atoms with Crippen LogP contribution in [0.25, 0.3) is 11.0 Å². The molecule has 3 atom stereocenters. The third-order valence-electron chi connectivity index (χ3n) is 5.90. The van der Waals surface area contributed by atoms with Crippen molar-refractivity contribution in [1.29, 1.82) is 5.26 Å². The molecule has 1 aliphatic rings. The first-order valence-corrected chi connectivity index (χ1v) is 11.1. The van der Waals surface area contributed by atoms with E-state index in [1.807, 2.05) is 26.0 Å². The number of hydrogen-bond acceptors (Lipinski definition) is 8. The number of piperidine rings is 1. The topological polar surface area (TPSA) is 106 Å². The highest BCUT2D eigenvalue weighted by Crippen LogP contribution is 2.32. The highest BCUT2D eigenvalue weighted by Gasteiger charge is 2.34. The summed E-state index contributed by atoms with van der Waals surface area (Å²) in [7, 11) is 1.66. The van der Waals surface area contributed by atoms with Gasteiger partial charge in [0.25, 0.3) is 0 Å². The number of anilines is 1. The van der Waals surface area contributed by atoms with E-state index in [2.05, 4.69) is 39.8 Å². The third-order valence-corrected chi connectivity index (χ3v) is 5.90. The summed E-state index contributed by atoms with van der Waals surface area (Å²) in [5.41, 5.74) is 1.14. The van der Waals surface area contributed by atoms with Gasteiger partial charge in [-0.05, 0) is 39.0 Å². The summed E-state index contributed by atoms with van der Waals surface area (Å²) in [6.45, 7) is 8.76. The van der Waals surface area contributed by atoms with Crippen molar-refractivity contribution in [3.63, 3.8) is 0 Å². The molecule has 1 fully saturated rings. The molecule has 3 aromatic heterocycles. The molecule has 0 spiro atoms. The molecule has 172 valence electrons. The summed E-state index contributed by atoms with van der Waals surface area (Å²) in [6, 6.07) is 9.16. The van der Waals surface area contributed by atoms with Gasteiger partial charge in [0.1, 0.15) is 29.1 Å². The van der Waals surface area contributed by atoms with Crippen LogP contribution in [-0.2, 0) is 7.05 Å². The molecule has 0 amide bonds. The number of fused-ring (bicyclic) bond motifs is 1. The van der Waals surface area contributed by atoms with Gasteiger partial charge in [0.2, 0.25) is 5.88 Å². The maximum absolute atomic E-state index is 12.5. The molecule has 0 saturated carbocycles. The third kappa shape index (κ3) is 4.60. The number of rotatable bonds is 5. The van der Waals surface area contributed by atoms with Crippen LogP contribution in [0.15, 0.2) is 35.3 Å². The first kappa shape index (κ1) is 22.5. The highest BCUT2D eigenvalue weighted by atomic mass is 16.5. The minimum atomic E-state index is -0.352. The molecule has 4 heterocycles. The zero-order chi connectivity index (χ0) is 23.7. The lowest BCUT2D eigenvalue weighted by Gasteiger charge is -2.42. The lowest BCUT2D eigenvalue weighted by atomic mass is 9.91. The van der Waals surface area contributed by atoms with Crippen LogP contribution in [0, 0.1) is 17.2 Å². The summed E-state index contributed by atoms with van der Waals surface area (Å²) in [5.74, 6) is 1.92. The number of aromatic nitrogens is 4. The largest absolute Gasteiger partial charge is 0.489 e. The number of aryl methyl sites for hydroxylation is 1. The van der Waals surface area contributed by atoms with Crippen LogP contribution in [0.2, 0.25) is 0 Å². The smallest absolute Gasteiger partial charge is 0.349 e. The summed E-state index contributed by atoms with van der Waals surface area (Å²) in [6.07, 6.45) is 2.44. The van der Waals surface area contributed by atoms with Gasteiger partial charge in [-0.15, -0.1) is 0 Å². The van der Waals surface area contributed by atoms with E-state index in [-0.39, 0.29) is 29.9 Å². The van der Waals surface area contributed by atoms with Crippen molar-refractivity contribution in [2.45, 2.75) is 52.4 Å². The molecule has 3 aromatic rings. The number of nitrogens with zero attached hydrogens (tertiary/aromatic N) is 6. The Morgan fingerprint density at radius 3 is 2.64 bits per heavy atom. The Morgan fingerprint density at radius 1 is 1.18 bits per heavy atom. The zero-order valence-corrected chi connectivity index (χ0v) is 19.5. The second-order valence-corrected chi connectivity index (χ2v) is 8.82. The predicted molar refractivity (Wildman–Crippen MR) is 125 cm³/mol. The first-order chi connectivity index (χ1) is 15.8. The lowest BCUT2D eigenvalue weighted by Crippen LogP contribution is -2.50. The maximum atomic E-state index is 12.5. The van der Waals surface area contributed by atoms with Gasteiger partial charge in [0.05, 0.1) is 17.8 Å². The lowest BCUT2D eigenvalue weighted by molar-refractivity contribution is 0.102. The number of pyridine rings is 2. The fourth-order valence-electron chi connectivity index (χ4n) is 4.17. The molecule has 9 heteroatoms. The minimum absolute atomic E-state index is 0.0407. The average Bonchev–Trinajstić information content (AvgIpc) is 2.79. The van der Waals surface area contributed by atoms with Crippen molar-refractivity contribution in [1.82, 2.24) is 19.5 Å². The quantitative estimate of drug-likeness (QED) is 0.586. The van der Waals surface area contributed by atoms with Crippen molar-refractivity contribution in [3.8, 4) is 17.7 Å². The number of ether oxygens (including phenoxy) is 2. The first-order valence-electron chi connectivity index (χ1n) is 11.1. The second-order valence-electron chi connectivity index (χ2n) is 8.82. The van der Waals surface area contributed by atoms with E-state index in [1.54, 1.807) is 25.4 Å². The molecule has 4 rings (SSSR count). The van der Waals surface area contributed by atoms with Crippen molar-refractivity contribution >= 4 is 16.9 Å². The van der Waals surface area contributed by atoms with E-state index in [0.29, 0.717) is 40.7 Å². The minimum Gasteiger partial charge on any atom is -0.489 e. The monoisotopic (exact) mass is 448 g/mol. The number of nitriles is 1. The number of hydrogen-bond donors (Lipinski definition) is 0. The van der Waals surface area contributed by atoms with Crippen molar-refractivity contribution in [2.24, 2.45) is 13.0 Å². The van der Waals surface area contributed by atoms with E-state index in [4.69, 9.17) is 9.47 Å². The van der Waals surface area contributed by atoms with Crippen molar-refractivity contribution < 1.29 is 9.47 Å². The Bertz CT molecular complexity index is 1250. The average molecular weight is 449 g/mol. The Balaban J connectivity index is 1.57. The Labute approximate surface area is 192 Å². The van der Waals surface area contributed by atoms with Gasteiger partial charge in [0.15, 0.2) is 5.82 Å². The van der Waals surface area contributed by atoms with Crippen molar-refractivity contribution in [3.05, 3.63) is 46.6 Å². The van der Waals surface area contributed by atoms with Gasteiger partial charge < -0.3 is 14.4 Å². The van der Waals surface area contributed by atoms with E-state index >= 15 is 0 Å². The van der Waals surface area contributed by atoms with Gasteiger partial charge in [-0.25, -0.2) is 14.8 Å². The fourth-order valence-corrected chi connectivity index (χ4v) is 4.17. The zero-order valence-electron chi connectivity index (χ0n) is 19.5. The van der Waals surface area contributed by atoms with Crippen LogP contribution >= 0.6 is 0 Å². The van der Waals surface area contributed by atoms with Crippen LogP contribution in [0.5, 0.6) is 11.6 Å². The molecule has 0 aliphatic carbocycles. The molecule has 0 aromatic carbocycles. The van der Waals surface area contributed by atoms with Crippen LogP contribution in [0.1, 0.15) is 39.8 Å². The van der Waals surface area contributed by atoms with E-state index in [0.717, 1.165) is 6.42 Å². The molecular weight excluding hydrogens is 420 g/mol. The van der Waals surface area contributed by atoms with Gasteiger partial charge in [0, 0.05) is 38.0 Å². The SMILES string of the molecule is CC(C)Oc1ccc(OC2CC(C)N(c3nc(=O)n(C)c4ccc(C#N)nc34)CC2C)nc1. The standard InChI is InChI=1S/C24H28N6O3/c1-14(2)32-18-7-9-21(26-12-18)33-20-10-16(4)30(13-15(20)3)23-22-19(29(5)24(31)28-23)8-6-17(11-25)27-22/h6-9,12,14-16,20H,10,13H2,1-5H3. The van der Waals surface area contributed by atoms with Crippen LogP contribution in [-0.4, -0.2) is 44.3 Å². The van der Waals surface area contributed by atoms with E-state index in [9.17, 15) is 10.1 Å². The Hall–Kier alpha value is -3.67. The van der Waals surface area contributed by atoms with E-state index < -0.39 is 0 Å². The Kier molecular flexibility index (Phi) is 6.18. The second kappa shape index (κ2) is 9.06. The molecule has 0 bridgehead atoms. The molecular formula is C24H28N6O3. The molecule has 3 unspecified atom stereocenters. The molecule has 0 N–H and O–H groups in total.